The van der Waals surface area contributed by atoms with Gasteiger partial charge in [0.1, 0.15) is 5.69 Å². The third kappa shape index (κ3) is 2.90. The van der Waals surface area contributed by atoms with E-state index in [0.717, 1.165) is 18.2 Å². The number of nitrogens with zero attached hydrogens (tertiary/aromatic N) is 2. The minimum atomic E-state index is 0.558. The van der Waals surface area contributed by atoms with Crippen LogP contribution in [0.3, 0.4) is 0 Å². The highest BCUT2D eigenvalue weighted by Crippen LogP contribution is 2.44. The first-order valence-corrected chi connectivity index (χ1v) is 7.92. The van der Waals surface area contributed by atoms with Crippen molar-refractivity contribution in [3.05, 3.63) is 29.3 Å². The highest BCUT2D eigenvalue weighted by Gasteiger charge is 2.32. The van der Waals surface area contributed by atoms with Crippen molar-refractivity contribution in [1.29, 1.82) is 0 Å². The average Bonchev–Trinajstić information content (AvgIpc) is 2.95. The summed E-state index contributed by atoms with van der Waals surface area (Å²) in [5.41, 5.74) is 1.09. The fourth-order valence-corrected chi connectivity index (χ4v) is 3.58. The van der Waals surface area contributed by atoms with Crippen LogP contribution in [0.1, 0.15) is 37.1 Å². The summed E-state index contributed by atoms with van der Waals surface area (Å²) < 4.78 is 1.86. The molecule has 1 unspecified atom stereocenters. The van der Waals surface area contributed by atoms with Crippen LogP contribution in [0.5, 0.6) is 0 Å². The van der Waals surface area contributed by atoms with E-state index >= 15 is 0 Å². The second kappa shape index (κ2) is 5.47. The first-order chi connectivity index (χ1) is 9.28. The molecule has 1 saturated carbocycles. The normalized spacial score (nSPS) is 16.7. The SMILES string of the molecule is CCCNC(c1ccc(-c2ccn(C)n2)s1)C1CC1. The molecular weight excluding hydrogens is 254 g/mol. The Morgan fingerprint density at radius 3 is 2.89 bits per heavy atom. The number of thiophene rings is 1. The van der Waals surface area contributed by atoms with Crippen molar-refractivity contribution < 1.29 is 0 Å². The molecule has 0 amide bonds. The molecule has 2 aromatic rings. The minimum absolute atomic E-state index is 0.558. The van der Waals surface area contributed by atoms with Gasteiger partial charge in [-0.1, -0.05) is 6.92 Å². The zero-order valence-corrected chi connectivity index (χ0v) is 12.4. The fourth-order valence-electron chi connectivity index (χ4n) is 2.43. The maximum Gasteiger partial charge on any atom is 0.102 e. The molecule has 2 aromatic heterocycles. The molecule has 0 aliphatic heterocycles. The van der Waals surface area contributed by atoms with E-state index in [4.69, 9.17) is 0 Å². The van der Waals surface area contributed by atoms with Crippen molar-refractivity contribution in [3.63, 3.8) is 0 Å². The Morgan fingerprint density at radius 2 is 2.26 bits per heavy atom. The fraction of sp³-hybridized carbons (Fsp3) is 0.533. The van der Waals surface area contributed by atoms with E-state index in [2.05, 4.69) is 35.5 Å². The molecule has 1 aliphatic carbocycles. The summed E-state index contributed by atoms with van der Waals surface area (Å²) in [7, 11) is 1.97. The van der Waals surface area contributed by atoms with Gasteiger partial charge in [-0.25, -0.2) is 0 Å². The van der Waals surface area contributed by atoms with Crippen LogP contribution in [-0.2, 0) is 7.05 Å². The smallest absolute Gasteiger partial charge is 0.102 e. The van der Waals surface area contributed by atoms with Crippen LogP contribution in [0.4, 0.5) is 0 Å². The third-order valence-electron chi connectivity index (χ3n) is 3.61. The molecule has 0 bridgehead atoms. The lowest BCUT2D eigenvalue weighted by atomic mass is 10.1. The summed E-state index contributed by atoms with van der Waals surface area (Å²) in [6.45, 7) is 3.34. The van der Waals surface area contributed by atoms with Crippen molar-refractivity contribution >= 4 is 11.3 Å². The monoisotopic (exact) mass is 275 g/mol. The number of hydrogen-bond acceptors (Lipinski definition) is 3. The molecule has 1 fully saturated rings. The largest absolute Gasteiger partial charge is 0.309 e. The second-order valence-electron chi connectivity index (χ2n) is 5.35. The number of aromatic nitrogens is 2. The molecule has 3 nitrogen and oxygen atoms in total. The molecule has 0 spiro atoms. The quantitative estimate of drug-likeness (QED) is 0.873. The van der Waals surface area contributed by atoms with E-state index in [-0.39, 0.29) is 0 Å². The van der Waals surface area contributed by atoms with Gasteiger partial charge in [-0.2, -0.15) is 5.10 Å². The first-order valence-electron chi connectivity index (χ1n) is 7.11. The van der Waals surface area contributed by atoms with E-state index in [1.165, 1.54) is 29.0 Å². The van der Waals surface area contributed by atoms with Gasteiger partial charge in [0.2, 0.25) is 0 Å². The van der Waals surface area contributed by atoms with Crippen molar-refractivity contribution in [1.82, 2.24) is 15.1 Å². The van der Waals surface area contributed by atoms with E-state index in [1.54, 1.807) is 0 Å². The van der Waals surface area contributed by atoms with Gasteiger partial charge in [0.25, 0.3) is 0 Å². The lowest BCUT2D eigenvalue weighted by Gasteiger charge is -2.16. The molecule has 1 N–H and O–H groups in total. The summed E-state index contributed by atoms with van der Waals surface area (Å²) >= 11 is 1.89. The Hall–Kier alpha value is -1.13. The Bertz CT molecular complexity index is 539. The maximum absolute atomic E-state index is 4.48. The van der Waals surface area contributed by atoms with Crippen molar-refractivity contribution in [2.45, 2.75) is 32.2 Å². The van der Waals surface area contributed by atoms with Crippen LogP contribution >= 0.6 is 11.3 Å². The van der Waals surface area contributed by atoms with E-state index in [0.29, 0.717) is 6.04 Å². The molecule has 0 saturated heterocycles. The molecule has 102 valence electrons. The van der Waals surface area contributed by atoms with Crippen LogP contribution < -0.4 is 5.32 Å². The number of rotatable bonds is 6. The highest BCUT2D eigenvalue weighted by atomic mass is 32.1. The van der Waals surface area contributed by atoms with E-state index in [1.807, 2.05) is 29.3 Å². The first kappa shape index (κ1) is 12.9. The number of aryl methyl sites for hydroxylation is 1. The standard InChI is InChI=1S/C15H21N3S/c1-3-9-16-15(11-4-5-11)14-7-6-13(19-14)12-8-10-18(2)17-12/h6-8,10-11,15-16H,3-5,9H2,1-2H3. The van der Waals surface area contributed by atoms with Gasteiger partial charge in [-0.15, -0.1) is 11.3 Å². The molecule has 4 heteroatoms. The Morgan fingerprint density at radius 1 is 1.42 bits per heavy atom. The summed E-state index contributed by atoms with van der Waals surface area (Å²) in [4.78, 5) is 2.75. The maximum atomic E-state index is 4.48. The molecule has 1 aliphatic rings. The number of hydrogen-bond donors (Lipinski definition) is 1. The Kier molecular flexibility index (Phi) is 3.71. The Labute approximate surface area is 118 Å². The predicted octanol–water partition coefficient (Wildman–Crippen LogP) is 3.60. The average molecular weight is 275 g/mol. The topological polar surface area (TPSA) is 29.9 Å². The molecule has 19 heavy (non-hydrogen) atoms. The summed E-state index contributed by atoms with van der Waals surface area (Å²) in [5, 5.41) is 8.19. The molecule has 0 aromatic carbocycles. The minimum Gasteiger partial charge on any atom is -0.309 e. The highest BCUT2D eigenvalue weighted by molar-refractivity contribution is 7.15. The molecule has 0 radical (unpaired) electrons. The van der Waals surface area contributed by atoms with Gasteiger partial charge in [-0.3, -0.25) is 4.68 Å². The van der Waals surface area contributed by atoms with Crippen LogP contribution in [0, 0.1) is 5.92 Å². The summed E-state index contributed by atoms with van der Waals surface area (Å²) in [6.07, 6.45) is 5.94. The molecule has 3 rings (SSSR count). The van der Waals surface area contributed by atoms with Crippen LogP contribution in [-0.4, -0.2) is 16.3 Å². The van der Waals surface area contributed by atoms with E-state index in [9.17, 15) is 0 Å². The van der Waals surface area contributed by atoms with Gasteiger partial charge in [0.05, 0.1) is 4.88 Å². The van der Waals surface area contributed by atoms with Crippen LogP contribution in [0.25, 0.3) is 10.6 Å². The third-order valence-corrected chi connectivity index (χ3v) is 4.80. The summed E-state index contributed by atoms with van der Waals surface area (Å²) in [5.74, 6) is 0.849. The Balaban J connectivity index is 1.78. The van der Waals surface area contributed by atoms with Crippen molar-refractivity contribution in [2.75, 3.05) is 6.54 Å². The van der Waals surface area contributed by atoms with Gasteiger partial charge in [0, 0.05) is 24.2 Å². The van der Waals surface area contributed by atoms with Gasteiger partial charge in [0.15, 0.2) is 0 Å². The van der Waals surface area contributed by atoms with Gasteiger partial charge < -0.3 is 5.32 Å². The van der Waals surface area contributed by atoms with Gasteiger partial charge >= 0.3 is 0 Å². The van der Waals surface area contributed by atoms with Crippen LogP contribution in [0.15, 0.2) is 24.4 Å². The lowest BCUT2D eigenvalue weighted by molar-refractivity contribution is 0.488. The predicted molar refractivity (Wildman–Crippen MR) is 80.3 cm³/mol. The van der Waals surface area contributed by atoms with Crippen molar-refractivity contribution in [3.8, 4) is 10.6 Å². The van der Waals surface area contributed by atoms with Crippen molar-refractivity contribution in [2.24, 2.45) is 13.0 Å². The van der Waals surface area contributed by atoms with Crippen LogP contribution in [0.2, 0.25) is 0 Å². The molecular formula is C15H21N3S. The van der Waals surface area contributed by atoms with E-state index < -0.39 is 0 Å². The molecule has 2 heterocycles. The lowest BCUT2D eigenvalue weighted by Crippen LogP contribution is -2.22. The molecule has 1 atom stereocenters. The number of nitrogens with one attached hydrogen (secondary N) is 1. The summed E-state index contributed by atoms with van der Waals surface area (Å²) in [6, 6.07) is 7.13. The zero-order valence-electron chi connectivity index (χ0n) is 11.6. The zero-order chi connectivity index (χ0) is 13.2. The second-order valence-corrected chi connectivity index (χ2v) is 6.46. The van der Waals surface area contributed by atoms with Gasteiger partial charge in [-0.05, 0) is 49.9 Å².